The summed E-state index contributed by atoms with van der Waals surface area (Å²) in [5.74, 6) is -0.837. The molecule has 0 atom stereocenters. The van der Waals surface area contributed by atoms with Gasteiger partial charge in [0, 0.05) is 6.54 Å². The van der Waals surface area contributed by atoms with Crippen molar-refractivity contribution in [2.75, 3.05) is 19.4 Å². The van der Waals surface area contributed by atoms with E-state index in [1.54, 1.807) is 13.2 Å². The van der Waals surface area contributed by atoms with Crippen LogP contribution in [0.1, 0.15) is 12.0 Å². The van der Waals surface area contributed by atoms with Gasteiger partial charge in [0.1, 0.15) is 5.75 Å². The monoisotopic (exact) mass is 287 g/mol. The summed E-state index contributed by atoms with van der Waals surface area (Å²) in [6, 6.07) is 7.33. The van der Waals surface area contributed by atoms with E-state index in [2.05, 4.69) is 4.72 Å². The van der Waals surface area contributed by atoms with Crippen molar-refractivity contribution in [2.45, 2.75) is 12.8 Å². The lowest BCUT2D eigenvalue weighted by molar-refractivity contribution is -0.136. The molecule has 0 aromatic heterocycles. The third-order valence-corrected chi connectivity index (χ3v) is 3.88. The number of aliphatic carboxylic acids is 1. The number of benzene rings is 1. The van der Waals surface area contributed by atoms with Gasteiger partial charge in [-0.25, -0.2) is 13.1 Å². The fraction of sp³-hybridized carbons (Fsp3) is 0.417. The van der Waals surface area contributed by atoms with Crippen molar-refractivity contribution >= 4 is 16.0 Å². The van der Waals surface area contributed by atoms with E-state index in [0.717, 1.165) is 5.56 Å². The molecule has 0 saturated carbocycles. The average molecular weight is 287 g/mol. The molecule has 1 aromatic carbocycles. The zero-order chi connectivity index (χ0) is 14.3. The fourth-order valence-corrected chi connectivity index (χ4v) is 2.55. The third kappa shape index (κ3) is 5.71. The summed E-state index contributed by atoms with van der Waals surface area (Å²) >= 11 is 0. The first-order valence-electron chi connectivity index (χ1n) is 5.75. The second-order valence-corrected chi connectivity index (χ2v) is 5.85. The van der Waals surface area contributed by atoms with Gasteiger partial charge in [-0.15, -0.1) is 0 Å². The van der Waals surface area contributed by atoms with Crippen LogP contribution in [0.25, 0.3) is 0 Å². The SMILES string of the molecule is COc1ccccc1CCNS(=O)(=O)CCC(=O)O. The molecule has 0 heterocycles. The van der Waals surface area contributed by atoms with Gasteiger partial charge in [-0.1, -0.05) is 18.2 Å². The Bertz CT molecular complexity index is 527. The van der Waals surface area contributed by atoms with E-state index in [1.165, 1.54) is 0 Å². The maximum Gasteiger partial charge on any atom is 0.304 e. The van der Waals surface area contributed by atoms with Crippen LogP contribution in [-0.2, 0) is 21.2 Å². The van der Waals surface area contributed by atoms with Crippen molar-refractivity contribution in [1.29, 1.82) is 0 Å². The molecule has 0 bridgehead atoms. The highest BCUT2D eigenvalue weighted by Gasteiger charge is 2.12. The molecule has 2 N–H and O–H groups in total. The van der Waals surface area contributed by atoms with Crippen molar-refractivity contribution in [3.05, 3.63) is 29.8 Å². The number of carbonyl (C=O) groups is 1. The van der Waals surface area contributed by atoms with Crippen LogP contribution in [-0.4, -0.2) is 38.9 Å². The number of carboxylic acid groups (broad SMARTS) is 1. The van der Waals surface area contributed by atoms with E-state index in [1.807, 2.05) is 18.2 Å². The Morgan fingerprint density at radius 1 is 1.37 bits per heavy atom. The summed E-state index contributed by atoms with van der Waals surface area (Å²) in [7, 11) is -1.99. The summed E-state index contributed by atoms with van der Waals surface area (Å²) in [6.07, 6.45) is 0.0836. The number of ether oxygens (including phenoxy) is 1. The van der Waals surface area contributed by atoms with Gasteiger partial charge in [0.15, 0.2) is 0 Å². The number of methoxy groups -OCH3 is 1. The molecule has 1 rings (SSSR count). The lowest BCUT2D eigenvalue weighted by atomic mass is 10.1. The first-order valence-corrected chi connectivity index (χ1v) is 7.41. The van der Waals surface area contributed by atoms with Crippen LogP contribution in [0.3, 0.4) is 0 Å². The van der Waals surface area contributed by atoms with Crippen molar-refractivity contribution < 1.29 is 23.1 Å². The molecule has 0 aliphatic rings. The minimum Gasteiger partial charge on any atom is -0.496 e. The van der Waals surface area contributed by atoms with Gasteiger partial charge in [-0.3, -0.25) is 4.79 Å². The molecule has 106 valence electrons. The van der Waals surface area contributed by atoms with Crippen LogP contribution < -0.4 is 9.46 Å². The lowest BCUT2D eigenvalue weighted by Gasteiger charge is -2.09. The molecule has 0 aliphatic carbocycles. The molecule has 0 spiro atoms. The van der Waals surface area contributed by atoms with Crippen LogP contribution >= 0.6 is 0 Å². The average Bonchev–Trinajstić information content (AvgIpc) is 2.37. The molecule has 0 amide bonds. The van der Waals surface area contributed by atoms with E-state index < -0.39 is 28.2 Å². The van der Waals surface area contributed by atoms with E-state index in [-0.39, 0.29) is 6.54 Å². The third-order valence-electron chi connectivity index (χ3n) is 2.49. The highest BCUT2D eigenvalue weighted by Crippen LogP contribution is 2.17. The number of carboxylic acids is 1. The van der Waals surface area contributed by atoms with Crippen molar-refractivity contribution in [3.63, 3.8) is 0 Å². The van der Waals surface area contributed by atoms with Gasteiger partial charge in [-0.05, 0) is 18.1 Å². The molecular weight excluding hydrogens is 270 g/mol. The number of sulfonamides is 1. The molecule has 6 nitrogen and oxygen atoms in total. The number of rotatable bonds is 8. The second-order valence-electron chi connectivity index (χ2n) is 3.92. The number of hydrogen-bond acceptors (Lipinski definition) is 4. The molecular formula is C12H17NO5S. The molecule has 7 heteroatoms. The zero-order valence-corrected chi connectivity index (χ0v) is 11.4. The Morgan fingerprint density at radius 3 is 2.68 bits per heavy atom. The van der Waals surface area contributed by atoms with Crippen molar-refractivity contribution in [2.24, 2.45) is 0 Å². The maximum absolute atomic E-state index is 11.5. The van der Waals surface area contributed by atoms with Crippen LogP contribution in [0.4, 0.5) is 0 Å². The van der Waals surface area contributed by atoms with Gasteiger partial charge in [0.05, 0.1) is 19.3 Å². The summed E-state index contributed by atoms with van der Waals surface area (Å²) in [5.41, 5.74) is 0.894. The number of nitrogens with one attached hydrogen (secondary N) is 1. The van der Waals surface area contributed by atoms with Gasteiger partial charge in [-0.2, -0.15) is 0 Å². The summed E-state index contributed by atoms with van der Waals surface area (Å²) < 4.78 is 30.5. The van der Waals surface area contributed by atoms with Gasteiger partial charge in [0.2, 0.25) is 10.0 Å². The molecule has 0 radical (unpaired) electrons. The minimum absolute atomic E-state index is 0.211. The number of hydrogen-bond donors (Lipinski definition) is 2. The largest absolute Gasteiger partial charge is 0.496 e. The van der Waals surface area contributed by atoms with Crippen molar-refractivity contribution in [1.82, 2.24) is 4.72 Å². The fourth-order valence-electron chi connectivity index (χ4n) is 1.54. The Kier molecular flexibility index (Phi) is 5.78. The smallest absolute Gasteiger partial charge is 0.304 e. The van der Waals surface area contributed by atoms with Crippen LogP contribution in [0.2, 0.25) is 0 Å². The molecule has 19 heavy (non-hydrogen) atoms. The van der Waals surface area contributed by atoms with Crippen LogP contribution in [0.5, 0.6) is 5.75 Å². The van der Waals surface area contributed by atoms with Gasteiger partial charge >= 0.3 is 5.97 Å². The van der Waals surface area contributed by atoms with Crippen LogP contribution in [0.15, 0.2) is 24.3 Å². The van der Waals surface area contributed by atoms with E-state index >= 15 is 0 Å². The standard InChI is InChI=1S/C12H17NO5S/c1-18-11-5-3-2-4-10(11)6-8-13-19(16,17)9-7-12(14)15/h2-5,13H,6-9H2,1H3,(H,14,15). The van der Waals surface area contributed by atoms with Gasteiger partial charge in [0.25, 0.3) is 0 Å². The molecule has 0 saturated heterocycles. The molecule has 0 fully saturated rings. The topological polar surface area (TPSA) is 92.7 Å². The second kappa shape index (κ2) is 7.10. The number of para-hydroxylation sites is 1. The Balaban J connectivity index is 2.47. The molecule has 1 aromatic rings. The zero-order valence-electron chi connectivity index (χ0n) is 10.6. The van der Waals surface area contributed by atoms with Crippen molar-refractivity contribution in [3.8, 4) is 5.75 Å². The molecule has 0 aliphatic heterocycles. The Morgan fingerprint density at radius 2 is 2.05 bits per heavy atom. The predicted octanol–water partition coefficient (Wildman–Crippen LogP) is 0.632. The summed E-state index contributed by atoms with van der Waals surface area (Å²) in [6.45, 7) is 0.211. The normalized spacial score (nSPS) is 11.2. The summed E-state index contributed by atoms with van der Waals surface area (Å²) in [4.78, 5) is 10.3. The molecule has 0 unspecified atom stereocenters. The van der Waals surface area contributed by atoms with E-state index in [0.29, 0.717) is 12.2 Å². The Labute approximate surface area is 112 Å². The van der Waals surface area contributed by atoms with E-state index in [9.17, 15) is 13.2 Å². The van der Waals surface area contributed by atoms with Crippen LogP contribution in [0, 0.1) is 0 Å². The quantitative estimate of drug-likeness (QED) is 0.731. The summed E-state index contributed by atoms with van der Waals surface area (Å²) in [5, 5.41) is 8.44. The predicted molar refractivity (Wildman–Crippen MR) is 70.7 cm³/mol. The highest BCUT2D eigenvalue weighted by atomic mass is 32.2. The first-order chi connectivity index (χ1) is 8.94. The van der Waals surface area contributed by atoms with E-state index in [4.69, 9.17) is 9.84 Å². The highest BCUT2D eigenvalue weighted by molar-refractivity contribution is 7.89. The Hall–Kier alpha value is -1.60. The first kappa shape index (κ1) is 15.5. The maximum atomic E-state index is 11.5. The lowest BCUT2D eigenvalue weighted by Crippen LogP contribution is -2.29. The van der Waals surface area contributed by atoms with Gasteiger partial charge < -0.3 is 9.84 Å². The minimum atomic E-state index is -3.54.